The van der Waals surface area contributed by atoms with E-state index in [2.05, 4.69) is 25.3 Å². The molecule has 8 nitrogen and oxygen atoms in total. The van der Waals surface area contributed by atoms with E-state index in [1.807, 2.05) is 11.6 Å². The van der Waals surface area contributed by atoms with Crippen LogP contribution in [0.2, 0.25) is 0 Å². The van der Waals surface area contributed by atoms with Gasteiger partial charge in [-0.2, -0.15) is 5.10 Å². The number of likely N-dealkylation sites (tertiary alicyclic amines) is 1. The van der Waals surface area contributed by atoms with Gasteiger partial charge in [0.15, 0.2) is 0 Å². The summed E-state index contributed by atoms with van der Waals surface area (Å²) in [6.45, 7) is 6.09. The van der Waals surface area contributed by atoms with Gasteiger partial charge in [-0.25, -0.2) is 9.67 Å². The molecule has 0 unspecified atom stereocenters. The molecule has 24 heavy (non-hydrogen) atoms. The number of H-pyrrole nitrogens is 1. The molecular formula is C16H22N6O2. The molecule has 2 N–H and O–H groups in total. The molecule has 128 valence electrons. The number of rotatable bonds is 6. The number of nitrogens with one attached hydrogen (secondary N) is 2. The van der Waals surface area contributed by atoms with Crippen molar-refractivity contribution in [1.29, 1.82) is 0 Å². The minimum absolute atomic E-state index is 0.156. The quantitative estimate of drug-likeness (QED) is 0.791. The van der Waals surface area contributed by atoms with Crippen molar-refractivity contribution in [3.8, 4) is 0 Å². The van der Waals surface area contributed by atoms with Gasteiger partial charge in [0.25, 0.3) is 11.5 Å². The van der Waals surface area contributed by atoms with E-state index >= 15 is 0 Å². The summed E-state index contributed by atoms with van der Waals surface area (Å²) in [5.41, 5.74) is -0.203. The lowest BCUT2D eigenvalue weighted by Crippen LogP contribution is -2.34. The van der Waals surface area contributed by atoms with Crippen LogP contribution in [0.3, 0.4) is 0 Å². The van der Waals surface area contributed by atoms with Crippen LogP contribution in [0.15, 0.2) is 29.5 Å². The molecule has 1 fully saturated rings. The summed E-state index contributed by atoms with van der Waals surface area (Å²) in [6, 6.07) is 3.18. The number of pyridine rings is 1. The minimum Gasteiger partial charge on any atom is -0.352 e. The van der Waals surface area contributed by atoms with Crippen LogP contribution in [-0.4, -0.2) is 50.2 Å². The second-order valence-corrected chi connectivity index (χ2v) is 6.00. The summed E-state index contributed by atoms with van der Waals surface area (Å²) in [4.78, 5) is 32.8. The number of aromatic nitrogens is 4. The zero-order valence-corrected chi connectivity index (χ0v) is 13.7. The van der Waals surface area contributed by atoms with Crippen molar-refractivity contribution in [2.75, 3.05) is 19.6 Å². The van der Waals surface area contributed by atoms with Gasteiger partial charge in [-0.1, -0.05) is 0 Å². The fourth-order valence-electron chi connectivity index (χ4n) is 3.03. The van der Waals surface area contributed by atoms with E-state index in [1.165, 1.54) is 12.3 Å². The van der Waals surface area contributed by atoms with Crippen LogP contribution in [0.1, 0.15) is 29.5 Å². The van der Waals surface area contributed by atoms with Gasteiger partial charge in [0.2, 0.25) is 0 Å². The number of carbonyl (C=O) groups excluding carboxylic acids is 1. The first kappa shape index (κ1) is 16.4. The Labute approximate surface area is 139 Å². The highest BCUT2D eigenvalue weighted by Gasteiger charge is 2.24. The monoisotopic (exact) mass is 330 g/mol. The molecule has 0 spiro atoms. The third-order valence-electron chi connectivity index (χ3n) is 4.34. The van der Waals surface area contributed by atoms with Gasteiger partial charge in [0.05, 0.1) is 6.54 Å². The SMILES string of the molecule is CCn1ncnc1CN1CC[C@H](CNC(=O)c2ccc[nH]c2=O)C1. The number of hydrogen-bond acceptors (Lipinski definition) is 5. The molecular weight excluding hydrogens is 308 g/mol. The number of hydrogen-bond donors (Lipinski definition) is 2. The van der Waals surface area contributed by atoms with E-state index in [1.54, 1.807) is 12.4 Å². The fraction of sp³-hybridized carbons (Fsp3) is 0.500. The molecule has 1 amide bonds. The molecule has 0 aromatic carbocycles. The van der Waals surface area contributed by atoms with Crippen LogP contribution < -0.4 is 10.9 Å². The maximum absolute atomic E-state index is 12.1. The van der Waals surface area contributed by atoms with Crippen molar-refractivity contribution < 1.29 is 4.79 Å². The van der Waals surface area contributed by atoms with Gasteiger partial charge >= 0.3 is 0 Å². The average Bonchev–Trinajstić information content (AvgIpc) is 3.22. The lowest BCUT2D eigenvalue weighted by molar-refractivity contribution is 0.0945. The molecule has 1 aliphatic rings. The van der Waals surface area contributed by atoms with Crippen LogP contribution in [0.25, 0.3) is 0 Å². The second-order valence-electron chi connectivity index (χ2n) is 6.00. The molecule has 3 heterocycles. The Kier molecular flexibility index (Phi) is 5.05. The number of aryl methyl sites for hydroxylation is 1. The lowest BCUT2D eigenvalue weighted by atomic mass is 10.1. The molecule has 1 saturated heterocycles. The third kappa shape index (κ3) is 3.70. The molecule has 2 aromatic rings. The van der Waals surface area contributed by atoms with Gasteiger partial charge in [-0.15, -0.1) is 0 Å². The first-order valence-electron chi connectivity index (χ1n) is 8.22. The van der Waals surface area contributed by atoms with Gasteiger partial charge in [0.1, 0.15) is 17.7 Å². The summed E-state index contributed by atoms with van der Waals surface area (Å²) in [5, 5.41) is 7.05. The zero-order valence-electron chi connectivity index (χ0n) is 13.7. The van der Waals surface area contributed by atoms with Gasteiger partial charge in [-0.3, -0.25) is 14.5 Å². The number of nitrogens with zero attached hydrogens (tertiary/aromatic N) is 4. The zero-order chi connectivity index (χ0) is 16.9. The number of aromatic amines is 1. The van der Waals surface area contributed by atoms with Crippen LogP contribution in [-0.2, 0) is 13.1 Å². The molecule has 0 aliphatic carbocycles. The van der Waals surface area contributed by atoms with Crippen molar-refractivity contribution in [3.63, 3.8) is 0 Å². The Bertz CT molecular complexity index is 753. The van der Waals surface area contributed by atoms with Crippen LogP contribution in [0.4, 0.5) is 0 Å². The van der Waals surface area contributed by atoms with Crippen LogP contribution in [0, 0.1) is 5.92 Å². The Balaban J connectivity index is 1.49. The normalized spacial score (nSPS) is 18.0. The van der Waals surface area contributed by atoms with E-state index in [-0.39, 0.29) is 17.0 Å². The summed E-state index contributed by atoms with van der Waals surface area (Å²) in [5.74, 6) is 1.04. The van der Waals surface area contributed by atoms with E-state index < -0.39 is 0 Å². The highest BCUT2D eigenvalue weighted by atomic mass is 16.2. The van der Waals surface area contributed by atoms with Crippen molar-refractivity contribution in [2.24, 2.45) is 5.92 Å². The smallest absolute Gasteiger partial charge is 0.260 e. The first-order valence-corrected chi connectivity index (χ1v) is 8.22. The molecule has 2 aromatic heterocycles. The largest absolute Gasteiger partial charge is 0.352 e. The fourth-order valence-corrected chi connectivity index (χ4v) is 3.03. The van der Waals surface area contributed by atoms with E-state index in [0.29, 0.717) is 12.5 Å². The molecule has 0 saturated carbocycles. The number of carbonyl (C=O) groups is 1. The van der Waals surface area contributed by atoms with Crippen molar-refractivity contribution >= 4 is 5.91 Å². The van der Waals surface area contributed by atoms with Crippen molar-refractivity contribution in [1.82, 2.24) is 30.0 Å². The molecule has 0 radical (unpaired) electrons. The molecule has 8 heteroatoms. The maximum atomic E-state index is 12.1. The molecule has 3 rings (SSSR count). The van der Waals surface area contributed by atoms with Crippen molar-refractivity contribution in [2.45, 2.75) is 26.4 Å². The lowest BCUT2D eigenvalue weighted by Gasteiger charge is -2.16. The maximum Gasteiger partial charge on any atom is 0.260 e. The second kappa shape index (κ2) is 7.39. The molecule has 1 aliphatic heterocycles. The third-order valence-corrected chi connectivity index (χ3v) is 4.34. The standard InChI is InChI=1S/C16H22N6O2/c1-2-22-14(19-11-20-22)10-21-7-5-12(9-21)8-18-16(24)13-4-3-6-17-15(13)23/h3-4,6,11-12H,2,5,7-10H2,1H3,(H,17,23)(H,18,24)/t12-/m1/s1. The van der Waals surface area contributed by atoms with Crippen LogP contribution in [0.5, 0.6) is 0 Å². The Hall–Kier alpha value is -2.48. The summed E-state index contributed by atoms with van der Waals surface area (Å²) < 4.78 is 1.90. The number of amides is 1. The van der Waals surface area contributed by atoms with E-state index in [4.69, 9.17) is 0 Å². The van der Waals surface area contributed by atoms with Crippen LogP contribution >= 0.6 is 0 Å². The first-order chi connectivity index (χ1) is 11.7. The topological polar surface area (TPSA) is 95.9 Å². The summed E-state index contributed by atoms with van der Waals surface area (Å²) in [7, 11) is 0. The van der Waals surface area contributed by atoms with E-state index in [9.17, 15) is 9.59 Å². The summed E-state index contributed by atoms with van der Waals surface area (Å²) in [6.07, 6.45) is 4.12. The minimum atomic E-state index is -0.359. The van der Waals surface area contributed by atoms with Gasteiger partial charge in [-0.05, 0) is 37.9 Å². The highest BCUT2D eigenvalue weighted by molar-refractivity contribution is 5.93. The Morgan fingerprint density at radius 2 is 2.38 bits per heavy atom. The Morgan fingerprint density at radius 3 is 3.17 bits per heavy atom. The van der Waals surface area contributed by atoms with Crippen molar-refractivity contribution in [3.05, 3.63) is 46.4 Å². The molecule has 1 atom stereocenters. The highest BCUT2D eigenvalue weighted by Crippen LogP contribution is 2.17. The van der Waals surface area contributed by atoms with Gasteiger partial charge in [0, 0.05) is 25.8 Å². The Morgan fingerprint density at radius 1 is 1.50 bits per heavy atom. The average molecular weight is 330 g/mol. The van der Waals surface area contributed by atoms with Gasteiger partial charge < -0.3 is 10.3 Å². The summed E-state index contributed by atoms with van der Waals surface area (Å²) >= 11 is 0. The van der Waals surface area contributed by atoms with E-state index in [0.717, 1.165) is 38.4 Å². The molecule has 0 bridgehead atoms. The predicted molar refractivity (Wildman–Crippen MR) is 88.5 cm³/mol. The predicted octanol–water partition coefficient (Wildman–Crippen LogP) is 0.238.